The first kappa shape index (κ1) is 12.1. The molecule has 0 unspecified atom stereocenters. The van der Waals surface area contributed by atoms with E-state index in [1.54, 1.807) is 24.3 Å². The van der Waals surface area contributed by atoms with Crippen LogP contribution in [0.4, 0.5) is 5.69 Å². The van der Waals surface area contributed by atoms with Crippen molar-refractivity contribution in [1.82, 2.24) is 0 Å². The Morgan fingerprint density at radius 1 is 1.00 bits per heavy atom. The summed E-state index contributed by atoms with van der Waals surface area (Å²) >= 11 is 0. The van der Waals surface area contributed by atoms with Crippen LogP contribution in [0, 0.1) is 0 Å². The van der Waals surface area contributed by atoms with Gasteiger partial charge in [-0.3, -0.25) is 4.79 Å². The van der Waals surface area contributed by atoms with Gasteiger partial charge in [-0.25, -0.2) is 0 Å². The van der Waals surface area contributed by atoms with Crippen molar-refractivity contribution in [2.24, 2.45) is 0 Å². The van der Waals surface area contributed by atoms with Crippen molar-refractivity contribution < 1.29 is 14.6 Å². The third kappa shape index (κ3) is 3.33. The van der Waals surface area contributed by atoms with Gasteiger partial charge in [0.2, 0.25) is 5.91 Å². The lowest BCUT2D eigenvalue weighted by Gasteiger charge is -2.07. The van der Waals surface area contributed by atoms with Gasteiger partial charge in [0.15, 0.2) is 0 Å². The van der Waals surface area contributed by atoms with E-state index in [1.807, 2.05) is 30.3 Å². The summed E-state index contributed by atoms with van der Waals surface area (Å²) in [5.74, 6) is 1.000. The van der Waals surface area contributed by atoms with E-state index >= 15 is 0 Å². The summed E-state index contributed by atoms with van der Waals surface area (Å²) in [5.41, 5.74) is 0.620. The number of aliphatic hydroxyl groups excluding tert-OH is 1. The fourth-order valence-corrected chi connectivity index (χ4v) is 1.43. The summed E-state index contributed by atoms with van der Waals surface area (Å²) in [6, 6.07) is 16.4. The van der Waals surface area contributed by atoms with E-state index in [0.717, 1.165) is 5.75 Å². The van der Waals surface area contributed by atoms with Crippen LogP contribution in [0.1, 0.15) is 0 Å². The predicted molar refractivity (Wildman–Crippen MR) is 68.7 cm³/mol. The minimum atomic E-state index is -0.526. The molecule has 0 fully saturated rings. The largest absolute Gasteiger partial charge is 0.457 e. The second-order valence-electron chi connectivity index (χ2n) is 3.65. The van der Waals surface area contributed by atoms with E-state index in [2.05, 4.69) is 5.32 Å². The van der Waals surface area contributed by atoms with Gasteiger partial charge in [-0.2, -0.15) is 0 Å². The molecule has 4 heteroatoms. The minimum Gasteiger partial charge on any atom is -0.457 e. The van der Waals surface area contributed by atoms with Gasteiger partial charge in [0.05, 0.1) is 0 Å². The van der Waals surface area contributed by atoms with Gasteiger partial charge in [-0.1, -0.05) is 18.2 Å². The highest BCUT2D eigenvalue weighted by atomic mass is 16.5. The Morgan fingerprint density at radius 2 is 1.61 bits per heavy atom. The van der Waals surface area contributed by atoms with Crippen LogP contribution in [0.5, 0.6) is 11.5 Å². The number of aliphatic hydroxyl groups is 1. The van der Waals surface area contributed by atoms with Gasteiger partial charge in [0.1, 0.15) is 18.1 Å². The topological polar surface area (TPSA) is 58.6 Å². The van der Waals surface area contributed by atoms with Gasteiger partial charge in [-0.15, -0.1) is 0 Å². The average Bonchev–Trinajstić information content (AvgIpc) is 2.42. The highest BCUT2D eigenvalue weighted by Crippen LogP contribution is 2.22. The van der Waals surface area contributed by atoms with Crippen LogP contribution in [0.25, 0.3) is 0 Å². The standard InChI is InChI=1S/C14H13NO3/c16-10-14(17)15-11-6-8-13(9-7-11)18-12-4-2-1-3-5-12/h1-9,16H,10H2,(H,15,17). The molecule has 1 amide bonds. The van der Waals surface area contributed by atoms with Gasteiger partial charge < -0.3 is 15.2 Å². The molecule has 0 atom stereocenters. The first-order chi connectivity index (χ1) is 8.78. The van der Waals surface area contributed by atoms with Crippen LogP contribution in [0.15, 0.2) is 54.6 Å². The highest BCUT2D eigenvalue weighted by molar-refractivity contribution is 5.91. The Kier molecular flexibility index (Phi) is 3.94. The normalized spacial score (nSPS) is 9.83. The lowest BCUT2D eigenvalue weighted by Crippen LogP contribution is -2.15. The van der Waals surface area contributed by atoms with E-state index in [1.165, 1.54) is 0 Å². The number of para-hydroxylation sites is 1. The molecule has 92 valence electrons. The molecule has 0 saturated heterocycles. The summed E-state index contributed by atoms with van der Waals surface area (Å²) in [4.78, 5) is 11.0. The van der Waals surface area contributed by atoms with Crippen LogP contribution >= 0.6 is 0 Å². The number of carbonyl (C=O) groups excluding carboxylic acids is 1. The molecular formula is C14H13NO3. The van der Waals surface area contributed by atoms with Crippen molar-refractivity contribution in [2.45, 2.75) is 0 Å². The predicted octanol–water partition coefficient (Wildman–Crippen LogP) is 2.41. The van der Waals surface area contributed by atoms with E-state index in [0.29, 0.717) is 11.4 Å². The molecule has 2 N–H and O–H groups in total. The number of anilines is 1. The zero-order valence-electron chi connectivity index (χ0n) is 9.67. The Labute approximate surface area is 105 Å². The second kappa shape index (κ2) is 5.84. The van der Waals surface area contributed by atoms with Crippen molar-refractivity contribution in [2.75, 3.05) is 11.9 Å². The van der Waals surface area contributed by atoms with Gasteiger partial charge in [0, 0.05) is 5.69 Å². The molecular weight excluding hydrogens is 230 g/mol. The fourth-order valence-electron chi connectivity index (χ4n) is 1.43. The number of carbonyl (C=O) groups is 1. The molecule has 0 spiro atoms. The summed E-state index contributed by atoms with van der Waals surface area (Å²) in [7, 11) is 0. The van der Waals surface area contributed by atoms with Crippen molar-refractivity contribution in [3.05, 3.63) is 54.6 Å². The van der Waals surface area contributed by atoms with Crippen LogP contribution in [0.2, 0.25) is 0 Å². The minimum absolute atomic E-state index is 0.438. The molecule has 0 radical (unpaired) electrons. The molecule has 0 aliphatic carbocycles. The van der Waals surface area contributed by atoms with Crippen LogP contribution < -0.4 is 10.1 Å². The van der Waals surface area contributed by atoms with Gasteiger partial charge in [-0.05, 0) is 36.4 Å². The van der Waals surface area contributed by atoms with Crippen molar-refractivity contribution >= 4 is 11.6 Å². The van der Waals surface area contributed by atoms with Crippen LogP contribution in [-0.4, -0.2) is 17.6 Å². The molecule has 0 aromatic heterocycles. The Balaban J connectivity index is 2.02. The number of ether oxygens (including phenoxy) is 1. The molecule has 0 heterocycles. The van der Waals surface area contributed by atoms with E-state index < -0.39 is 12.5 Å². The molecule has 0 bridgehead atoms. The van der Waals surface area contributed by atoms with Crippen LogP contribution in [-0.2, 0) is 4.79 Å². The summed E-state index contributed by atoms with van der Waals surface area (Å²) < 4.78 is 5.60. The number of rotatable bonds is 4. The summed E-state index contributed by atoms with van der Waals surface area (Å²) in [6.07, 6.45) is 0. The molecule has 2 aromatic rings. The highest BCUT2D eigenvalue weighted by Gasteiger charge is 2.00. The SMILES string of the molecule is O=C(CO)Nc1ccc(Oc2ccccc2)cc1. The van der Waals surface area contributed by atoms with Gasteiger partial charge >= 0.3 is 0 Å². The molecule has 0 saturated carbocycles. The van der Waals surface area contributed by atoms with E-state index in [-0.39, 0.29) is 0 Å². The van der Waals surface area contributed by atoms with Crippen molar-refractivity contribution in [3.63, 3.8) is 0 Å². The summed E-state index contributed by atoms with van der Waals surface area (Å²) in [5, 5.41) is 11.1. The number of hydrogen-bond donors (Lipinski definition) is 2. The first-order valence-corrected chi connectivity index (χ1v) is 5.51. The summed E-state index contributed by atoms with van der Waals surface area (Å²) in [6.45, 7) is -0.526. The molecule has 18 heavy (non-hydrogen) atoms. The maximum absolute atomic E-state index is 11.0. The smallest absolute Gasteiger partial charge is 0.250 e. The Hall–Kier alpha value is -2.33. The third-order valence-electron chi connectivity index (χ3n) is 2.26. The number of amides is 1. The number of benzene rings is 2. The van der Waals surface area contributed by atoms with E-state index in [9.17, 15) is 4.79 Å². The molecule has 4 nitrogen and oxygen atoms in total. The fraction of sp³-hybridized carbons (Fsp3) is 0.0714. The van der Waals surface area contributed by atoms with E-state index in [4.69, 9.17) is 9.84 Å². The molecule has 2 rings (SSSR count). The first-order valence-electron chi connectivity index (χ1n) is 5.51. The maximum Gasteiger partial charge on any atom is 0.250 e. The Morgan fingerprint density at radius 3 is 2.22 bits per heavy atom. The second-order valence-corrected chi connectivity index (χ2v) is 3.65. The van der Waals surface area contributed by atoms with Crippen LogP contribution in [0.3, 0.4) is 0 Å². The van der Waals surface area contributed by atoms with Gasteiger partial charge in [0.25, 0.3) is 0 Å². The number of hydrogen-bond acceptors (Lipinski definition) is 3. The lowest BCUT2D eigenvalue weighted by atomic mass is 10.3. The molecule has 2 aromatic carbocycles. The average molecular weight is 243 g/mol. The monoisotopic (exact) mass is 243 g/mol. The maximum atomic E-state index is 11.0. The third-order valence-corrected chi connectivity index (χ3v) is 2.26. The number of nitrogens with one attached hydrogen (secondary N) is 1. The molecule has 0 aliphatic heterocycles. The van der Waals surface area contributed by atoms with Crippen molar-refractivity contribution in [1.29, 1.82) is 0 Å². The quantitative estimate of drug-likeness (QED) is 0.867. The zero-order valence-corrected chi connectivity index (χ0v) is 9.67. The zero-order chi connectivity index (χ0) is 12.8. The molecule has 0 aliphatic rings. The Bertz CT molecular complexity index is 508. The van der Waals surface area contributed by atoms with Crippen molar-refractivity contribution in [3.8, 4) is 11.5 Å². The lowest BCUT2D eigenvalue weighted by molar-refractivity contribution is -0.118.